The van der Waals surface area contributed by atoms with E-state index in [-0.39, 0.29) is 11.1 Å². The number of fused-ring (bicyclic) bond motifs is 1. The molecule has 7 heteroatoms. The number of benzene rings is 2. The predicted molar refractivity (Wildman–Crippen MR) is 136 cm³/mol. The summed E-state index contributed by atoms with van der Waals surface area (Å²) in [6.07, 6.45) is 0.856. The zero-order chi connectivity index (χ0) is 24.5. The van der Waals surface area contributed by atoms with Crippen molar-refractivity contribution >= 4 is 10.9 Å². The summed E-state index contributed by atoms with van der Waals surface area (Å²) in [5, 5.41) is 13.9. The number of aromatic nitrogens is 5. The van der Waals surface area contributed by atoms with Gasteiger partial charge in [-0.05, 0) is 79.7 Å². The van der Waals surface area contributed by atoms with E-state index in [0.717, 1.165) is 35.0 Å². The van der Waals surface area contributed by atoms with Crippen LogP contribution in [-0.2, 0) is 12.1 Å². The number of nitrogens with one attached hydrogen (secondary N) is 1. The van der Waals surface area contributed by atoms with Crippen LogP contribution in [0, 0.1) is 13.8 Å². The molecule has 2 heterocycles. The molecule has 0 aliphatic rings. The lowest BCUT2D eigenvalue weighted by atomic mass is 9.98. The largest absolute Gasteiger partial charge is 0.321 e. The van der Waals surface area contributed by atoms with E-state index in [0.29, 0.717) is 17.9 Å². The second-order valence-corrected chi connectivity index (χ2v) is 9.67. The van der Waals surface area contributed by atoms with Gasteiger partial charge in [0, 0.05) is 12.1 Å². The van der Waals surface area contributed by atoms with Crippen LogP contribution < -0.4 is 5.56 Å². The average Bonchev–Trinajstić information content (AvgIpc) is 3.30. The van der Waals surface area contributed by atoms with E-state index < -0.39 is 6.04 Å². The number of pyridine rings is 1. The van der Waals surface area contributed by atoms with Gasteiger partial charge in [0.1, 0.15) is 6.04 Å². The van der Waals surface area contributed by atoms with Crippen LogP contribution in [-0.4, -0.2) is 36.6 Å². The van der Waals surface area contributed by atoms with Crippen molar-refractivity contribution in [1.82, 2.24) is 30.1 Å². The highest BCUT2D eigenvalue weighted by Crippen LogP contribution is 2.32. The molecule has 0 saturated carbocycles. The Hall–Kier alpha value is -3.32. The molecule has 4 aromatic rings. The standard InChI is InChI=1S/C27H34N6O/c1-7-27(5,6)33-25(29-30-31-33)24(32(8-2)17-20-12-10-9-11-13-20)22-16-21-15-18(3)14-19(4)23(21)28-26(22)34/h9-16,24H,7-8,17H2,1-6H3,(H,28,34)/t24-/m1/s1. The molecule has 1 atom stereocenters. The highest BCUT2D eigenvalue weighted by molar-refractivity contribution is 5.83. The van der Waals surface area contributed by atoms with Gasteiger partial charge in [-0.2, -0.15) is 0 Å². The topological polar surface area (TPSA) is 79.7 Å². The first kappa shape index (κ1) is 23.8. The Kier molecular flexibility index (Phi) is 6.66. The van der Waals surface area contributed by atoms with Crippen molar-refractivity contribution in [3.8, 4) is 0 Å². The van der Waals surface area contributed by atoms with Crippen LogP contribution in [0.5, 0.6) is 0 Å². The van der Waals surface area contributed by atoms with E-state index >= 15 is 0 Å². The van der Waals surface area contributed by atoms with Crippen LogP contribution in [0.3, 0.4) is 0 Å². The van der Waals surface area contributed by atoms with Gasteiger partial charge in [0.15, 0.2) is 5.82 Å². The molecule has 7 nitrogen and oxygen atoms in total. The highest BCUT2D eigenvalue weighted by atomic mass is 16.1. The van der Waals surface area contributed by atoms with Crippen LogP contribution in [0.25, 0.3) is 10.9 Å². The fraction of sp³-hybridized carbons (Fsp3) is 0.407. The van der Waals surface area contributed by atoms with Crippen molar-refractivity contribution in [3.63, 3.8) is 0 Å². The van der Waals surface area contributed by atoms with Gasteiger partial charge in [-0.15, -0.1) is 5.10 Å². The van der Waals surface area contributed by atoms with E-state index in [2.05, 4.69) is 84.3 Å². The fourth-order valence-electron chi connectivity index (χ4n) is 4.56. The molecular weight excluding hydrogens is 424 g/mol. The first-order valence-corrected chi connectivity index (χ1v) is 12.0. The molecule has 0 aliphatic heterocycles. The molecule has 0 radical (unpaired) electrons. The van der Waals surface area contributed by atoms with Crippen molar-refractivity contribution in [2.45, 2.75) is 66.1 Å². The third-order valence-corrected chi connectivity index (χ3v) is 6.79. The minimum absolute atomic E-state index is 0.111. The van der Waals surface area contributed by atoms with Gasteiger partial charge in [-0.1, -0.05) is 55.8 Å². The highest BCUT2D eigenvalue weighted by Gasteiger charge is 2.34. The number of H-pyrrole nitrogens is 1. The molecule has 0 unspecified atom stereocenters. The maximum Gasteiger partial charge on any atom is 0.253 e. The van der Waals surface area contributed by atoms with Gasteiger partial charge in [-0.3, -0.25) is 9.69 Å². The smallest absolute Gasteiger partial charge is 0.253 e. The maximum absolute atomic E-state index is 13.6. The first-order chi connectivity index (χ1) is 16.2. The maximum atomic E-state index is 13.6. The zero-order valence-corrected chi connectivity index (χ0v) is 21.0. The Bertz CT molecular complexity index is 1340. The van der Waals surface area contributed by atoms with Gasteiger partial charge in [-0.25, -0.2) is 4.68 Å². The van der Waals surface area contributed by atoms with E-state index in [4.69, 9.17) is 0 Å². The molecule has 0 aliphatic carbocycles. The lowest BCUT2D eigenvalue weighted by Gasteiger charge is -2.33. The van der Waals surface area contributed by atoms with Gasteiger partial charge in [0.05, 0.1) is 11.1 Å². The number of aromatic amines is 1. The number of hydrogen-bond donors (Lipinski definition) is 1. The summed E-state index contributed by atoms with van der Waals surface area (Å²) in [6.45, 7) is 14.0. The summed E-state index contributed by atoms with van der Waals surface area (Å²) in [7, 11) is 0. The van der Waals surface area contributed by atoms with E-state index in [1.807, 2.05) is 35.9 Å². The summed E-state index contributed by atoms with van der Waals surface area (Å²) in [6, 6.07) is 16.1. The van der Waals surface area contributed by atoms with E-state index in [1.165, 1.54) is 5.56 Å². The Morgan fingerprint density at radius 2 is 1.82 bits per heavy atom. The minimum atomic E-state index is -0.403. The molecule has 0 spiro atoms. The molecular formula is C27H34N6O. The number of hydrogen-bond acceptors (Lipinski definition) is 5. The molecule has 2 aromatic heterocycles. The van der Waals surface area contributed by atoms with Gasteiger partial charge in [0.25, 0.3) is 5.56 Å². The van der Waals surface area contributed by atoms with Crippen LogP contribution in [0.15, 0.2) is 53.3 Å². The Labute approximate surface area is 200 Å². The summed E-state index contributed by atoms with van der Waals surface area (Å²) >= 11 is 0. The van der Waals surface area contributed by atoms with Gasteiger partial charge < -0.3 is 4.98 Å². The third-order valence-electron chi connectivity index (χ3n) is 6.79. The Balaban J connectivity index is 1.94. The van der Waals surface area contributed by atoms with Crippen LogP contribution in [0.2, 0.25) is 0 Å². The van der Waals surface area contributed by atoms with Crippen molar-refractivity contribution in [3.05, 3.63) is 87.0 Å². The van der Waals surface area contributed by atoms with Crippen molar-refractivity contribution < 1.29 is 0 Å². The predicted octanol–water partition coefficient (Wildman–Crippen LogP) is 4.89. The normalized spacial score (nSPS) is 13.0. The van der Waals surface area contributed by atoms with Gasteiger partial charge >= 0.3 is 0 Å². The van der Waals surface area contributed by atoms with E-state index in [1.54, 1.807) is 0 Å². The molecule has 0 bridgehead atoms. The minimum Gasteiger partial charge on any atom is -0.321 e. The monoisotopic (exact) mass is 458 g/mol. The second kappa shape index (κ2) is 9.50. The Morgan fingerprint density at radius 1 is 1.09 bits per heavy atom. The van der Waals surface area contributed by atoms with Crippen molar-refractivity contribution in [1.29, 1.82) is 0 Å². The van der Waals surface area contributed by atoms with Crippen molar-refractivity contribution in [2.75, 3.05) is 6.54 Å². The molecule has 2 aromatic carbocycles. The number of rotatable bonds is 8. The van der Waals surface area contributed by atoms with Gasteiger partial charge in [0.2, 0.25) is 0 Å². The quantitative estimate of drug-likeness (QED) is 0.407. The molecule has 1 N–H and O–H groups in total. The summed E-state index contributed by atoms with van der Waals surface area (Å²) in [5.41, 5.74) is 4.51. The van der Waals surface area contributed by atoms with E-state index in [9.17, 15) is 4.79 Å². The third kappa shape index (κ3) is 4.53. The molecule has 178 valence electrons. The number of aryl methyl sites for hydroxylation is 2. The molecule has 0 amide bonds. The SMILES string of the molecule is CCN(Cc1ccccc1)[C@H](c1cc2cc(C)cc(C)c2[nH]c1=O)c1nnnn1C(C)(C)CC. The lowest BCUT2D eigenvalue weighted by molar-refractivity contribution is 0.197. The number of nitrogens with zero attached hydrogens (tertiary/aromatic N) is 5. The summed E-state index contributed by atoms with van der Waals surface area (Å²) < 4.78 is 1.89. The van der Waals surface area contributed by atoms with Crippen LogP contribution in [0.1, 0.15) is 68.2 Å². The fourth-order valence-corrected chi connectivity index (χ4v) is 4.56. The average molecular weight is 459 g/mol. The summed E-state index contributed by atoms with van der Waals surface area (Å²) in [4.78, 5) is 19.0. The van der Waals surface area contributed by atoms with Crippen LogP contribution >= 0.6 is 0 Å². The van der Waals surface area contributed by atoms with Crippen molar-refractivity contribution in [2.24, 2.45) is 0 Å². The van der Waals surface area contributed by atoms with Crippen LogP contribution in [0.4, 0.5) is 0 Å². The second-order valence-electron chi connectivity index (χ2n) is 9.67. The lowest BCUT2D eigenvalue weighted by Crippen LogP contribution is -2.38. The molecule has 4 rings (SSSR count). The first-order valence-electron chi connectivity index (χ1n) is 12.0. The number of tetrazole rings is 1. The zero-order valence-electron chi connectivity index (χ0n) is 21.0. The summed E-state index contributed by atoms with van der Waals surface area (Å²) in [5.74, 6) is 0.679. The molecule has 34 heavy (non-hydrogen) atoms. The Morgan fingerprint density at radius 3 is 2.50 bits per heavy atom. The molecule has 0 fully saturated rings. The molecule has 0 saturated heterocycles.